The van der Waals surface area contributed by atoms with Crippen LogP contribution in [0.3, 0.4) is 0 Å². The molecule has 2 amide bonds. The molecule has 2 aromatic carbocycles. The van der Waals surface area contributed by atoms with E-state index in [1.165, 1.54) is 0 Å². The first-order valence-electron chi connectivity index (χ1n) is 9.91. The Bertz CT molecular complexity index is 912. The van der Waals surface area contributed by atoms with Gasteiger partial charge < -0.3 is 15.0 Å². The van der Waals surface area contributed by atoms with Gasteiger partial charge in [-0.3, -0.25) is 14.5 Å². The number of morpholine rings is 1. The van der Waals surface area contributed by atoms with Crippen molar-refractivity contribution >= 4 is 29.3 Å². The fourth-order valence-electron chi connectivity index (χ4n) is 3.58. The van der Waals surface area contributed by atoms with Gasteiger partial charge in [0.15, 0.2) is 0 Å². The lowest BCUT2D eigenvalue weighted by Gasteiger charge is -2.26. The van der Waals surface area contributed by atoms with Crippen LogP contribution in [0.4, 0.5) is 5.69 Å². The molecule has 2 aliphatic heterocycles. The fraction of sp³-hybridized carbons (Fsp3) is 0.364. The van der Waals surface area contributed by atoms with Crippen molar-refractivity contribution in [1.82, 2.24) is 10.2 Å². The second-order valence-electron chi connectivity index (χ2n) is 7.21. The number of rotatable bonds is 5. The molecule has 1 saturated heterocycles. The number of hydrogen-bond donors (Lipinski definition) is 1. The zero-order valence-corrected chi connectivity index (χ0v) is 17.3. The predicted octanol–water partition coefficient (Wildman–Crippen LogP) is 2.88. The number of ether oxygens (including phenoxy) is 1. The van der Waals surface area contributed by atoms with Gasteiger partial charge in [-0.2, -0.15) is 0 Å². The highest BCUT2D eigenvalue weighted by Gasteiger charge is 2.25. The average molecular weight is 412 g/mol. The topological polar surface area (TPSA) is 61.9 Å². The van der Waals surface area contributed by atoms with E-state index in [-0.39, 0.29) is 11.8 Å². The van der Waals surface area contributed by atoms with Crippen LogP contribution in [0.15, 0.2) is 52.3 Å². The minimum Gasteiger partial charge on any atom is -0.379 e. The molecule has 0 spiro atoms. The minimum atomic E-state index is -0.109. The van der Waals surface area contributed by atoms with Gasteiger partial charge in [0.1, 0.15) is 0 Å². The fourth-order valence-corrected chi connectivity index (χ4v) is 4.66. The number of nitrogens with zero attached hydrogens (tertiary/aromatic N) is 2. The van der Waals surface area contributed by atoms with Gasteiger partial charge in [0.2, 0.25) is 0 Å². The summed E-state index contributed by atoms with van der Waals surface area (Å²) in [6, 6.07) is 13.2. The Morgan fingerprint density at radius 3 is 2.76 bits per heavy atom. The van der Waals surface area contributed by atoms with Crippen LogP contribution >= 0.6 is 11.8 Å². The van der Waals surface area contributed by atoms with E-state index in [1.807, 2.05) is 42.5 Å². The van der Waals surface area contributed by atoms with E-state index in [1.54, 1.807) is 23.7 Å². The number of amides is 2. The van der Waals surface area contributed by atoms with Crippen LogP contribution < -0.4 is 10.2 Å². The van der Waals surface area contributed by atoms with E-state index in [4.69, 9.17) is 4.74 Å². The van der Waals surface area contributed by atoms with Gasteiger partial charge in [-0.1, -0.05) is 23.9 Å². The molecule has 0 bridgehead atoms. The molecule has 2 aliphatic rings. The monoisotopic (exact) mass is 411 g/mol. The van der Waals surface area contributed by atoms with Crippen LogP contribution in [0.5, 0.6) is 0 Å². The van der Waals surface area contributed by atoms with Gasteiger partial charge in [-0.15, -0.1) is 0 Å². The maximum absolute atomic E-state index is 12.8. The van der Waals surface area contributed by atoms with Crippen molar-refractivity contribution in [3.63, 3.8) is 0 Å². The standard InChI is InChI=1S/C22H25N3O3S/c1-24-18-15-16(21(26)23-9-4-10-25-11-13-28-14-12-25)7-8-20(18)29-19-6-3-2-5-17(19)22(24)27/h2-3,5-8,15H,4,9-14H2,1H3,(H,23,26). The van der Waals surface area contributed by atoms with E-state index >= 15 is 0 Å². The normalized spacial score (nSPS) is 16.7. The largest absolute Gasteiger partial charge is 0.379 e. The molecule has 0 atom stereocenters. The highest BCUT2D eigenvalue weighted by atomic mass is 32.2. The van der Waals surface area contributed by atoms with Crippen molar-refractivity contribution in [2.24, 2.45) is 0 Å². The van der Waals surface area contributed by atoms with Crippen LogP contribution in [0.2, 0.25) is 0 Å². The highest BCUT2D eigenvalue weighted by Crippen LogP contribution is 2.41. The highest BCUT2D eigenvalue weighted by molar-refractivity contribution is 7.99. The lowest BCUT2D eigenvalue weighted by atomic mass is 10.1. The molecule has 0 unspecified atom stereocenters. The summed E-state index contributed by atoms with van der Waals surface area (Å²) in [4.78, 5) is 31.3. The molecular weight excluding hydrogens is 386 g/mol. The zero-order chi connectivity index (χ0) is 20.2. The molecule has 0 saturated carbocycles. The molecule has 152 valence electrons. The van der Waals surface area contributed by atoms with Gasteiger partial charge in [-0.25, -0.2) is 0 Å². The van der Waals surface area contributed by atoms with Gasteiger partial charge in [0.25, 0.3) is 11.8 Å². The van der Waals surface area contributed by atoms with Crippen molar-refractivity contribution in [2.45, 2.75) is 16.2 Å². The van der Waals surface area contributed by atoms with Crippen molar-refractivity contribution in [2.75, 3.05) is 51.3 Å². The molecule has 6 nitrogen and oxygen atoms in total. The Labute approximate surface area is 175 Å². The smallest absolute Gasteiger partial charge is 0.259 e. The van der Waals surface area contributed by atoms with Crippen LogP contribution in [0.25, 0.3) is 0 Å². The molecule has 2 heterocycles. The summed E-state index contributed by atoms with van der Waals surface area (Å²) in [6.07, 6.45) is 0.903. The van der Waals surface area contributed by atoms with Gasteiger partial charge >= 0.3 is 0 Å². The van der Waals surface area contributed by atoms with Crippen molar-refractivity contribution in [3.05, 3.63) is 53.6 Å². The van der Waals surface area contributed by atoms with Crippen LogP contribution in [0.1, 0.15) is 27.1 Å². The molecule has 1 N–H and O–H groups in total. The summed E-state index contributed by atoms with van der Waals surface area (Å²) < 4.78 is 5.35. The summed E-state index contributed by atoms with van der Waals surface area (Å²) in [7, 11) is 1.76. The molecule has 0 aliphatic carbocycles. The first-order chi connectivity index (χ1) is 14.1. The maximum Gasteiger partial charge on any atom is 0.259 e. The molecular formula is C22H25N3O3S. The first kappa shape index (κ1) is 19.9. The zero-order valence-electron chi connectivity index (χ0n) is 16.5. The molecule has 7 heteroatoms. The second-order valence-corrected chi connectivity index (χ2v) is 8.29. The third-order valence-electron chi connectivity index (χ3n) is 5.26. The van der Waals surface area contributed by atoms with Crippen LogP contribution in [0, 0.1) is 0 Å². The lowest BCUT2D eigenvalue weighted by Crippen LogP contribution is -2.38. The van der Waals surface area contributed by atoms with Crippen molar-refractivity contribution in [3.8, 4) is 0 Å². The van der Waals surface area contributed by atoms with E-state index in [0.29, 0.717) is 17.7 Å². The third kappa shape index (κ3) is 4.47. The van der Waals surface area contributed by atoms with Gasteiger partial charge in [-0.05, 0) is 43.3 Å². The maximum atomic E-state index is 12.8. The summed E-state index contributed by atoms with van der Waals surface area (Å²) in [5.41, 5.74) is 2.02. The minimum absolute atomic E-state index is 0.0603. The molecule has 0 radical (unpaired) electrons. The third-order valence-corrected chi connectivity index (χ3v) is 6.41. The lowest BCUT2D eigenvalue weighted by molar-refractivity contribution is 0.0374. The Hall–Kier alpha value is -2.35. The number of fused-ring (bicyclic) bond motifs is 2. The number of benzene rings is 2. The van der Waals surface area contributed by atoms with Gasteiger partial charge in [0.05, 0.1) is 24.5 Å². The molecule has 0 aromatic heterocycles. The van der Waals surface area contributed by atoms with Crippen LogP contribution in [-0.2, 0) is 4.74 Å². The molecule has 4 rings (SSSR count). The SMILES string of the molecule is CN1C(=O)c2ccccc2Sc2ccc(C(=O)NCCCN3CCOCC3)cc21. The van der Waals surface area contributed by atoms with E-state index < -0.39 is 0 Å². The Morgan fingerprint density at radius 1 is 1.14 bits per heavy atom. The Balaban J connectivity index is 1.41. The average Bonchev–Trinajstić information content (AvgIpc) is 2.86. The molecule has 29 heavy (non-hydrogen) atoms. The van der Waals surface area contributed by atoms with E-state index in [9.17, 15) is 9.59 Å². The summed E-state index contributed by atoms with van der Waals surface area (Å²) >= 11 is 1.56. The number of anilines is 1. The number of nitrogens with one attached hydrogen (secondary N) is 1. The van der Waals surface area contributed by atoms with Crippen LogP contribution in [-0.4, -0.2) is 63.2 Å². The molecule has 2 aromatic rings. The number of carbonyl (C=O) groups is 2. The van der Waals surface area contributed by atoms with Crippen molar-refractivity contribution < 1.29 is 14.3 Å². The van der Waals surface area contributed by atoms with Gasteiger partial charge in [0, 0.05) is 42.0 Å². The molecule has 1 fully saturated rings. The first-order valence-corrected chi connectivity index (χ1v) is 10.7. The second kappa shape index (κ2) is 8.98. The van der Waals surface area contributed by atoms with E-state index in [0.717, 1.165) is 54.7 Å². The number of carbonyl (C=O) groups excluding carboxylic acids is 2. The van der Waals surface area contributed by atoms with Crippen molar-refractivity contribution in [1.29, 1.82) is 0 Å². The predicted molar refractivity (Wildman–Crippen MR) is 114 cm³/mol. The quantitative estimate of drug-likeness (QED) is 0.767. The Kier molecular flexibility index (Phi) is 6.18. The van der Waals surface area contributed by atoms with E-state index in [2.05, 4.69) is 10.2 Å². The number of hydrogen-bond acceptors (Lipinski definition) is 5. The Morgan fingerprint density at radius 2 is 1.93 bits per heavy atom. The summed E-state index contributed by atoms with van der Waals surface area (Å²) in [5.74, 6) is -0.169. The summed E-state index contributed by atoms with van der Waals surface area (Å²) in [6.45, 7) is 5.08. The summed E-state index contributed by atoms with van der Waals surface area (Å²) in [5, 5.41) is 3.00.